The predicted octanol–water partition coefficient (Wildman–Crippen LogP) is 6.00. The summed E-state index contributed by atoms with van der Waals surface area (Å²) in [6.07, 6.45) is 0.420. The van der Waals surface area contributed by atoms with E-state index >= 15 is 0 Å². The summed E-state index contributed by atoms with van der Waals surface area (Å²) in [5, 5.41) is 3.77. The van der Waals surface area contributed by atoms with E-state index in [2.05, 4.69) is 5.32 Å². The lowest BCUT2D eigenvalue weighted by atomic mass is 10.0. The van der Waals surface area contributed by atoms with E-state index in [1.165, 1.54) is 11.8 Å². The highest BCUT2D eigenvalue weighted by molar-refractivity contribution is 7.99. The second-order valence-corrected chi connectivity index (χ2v) is 9.65. The van der Waals surface area contributed by atoms with Gasteiger partial charge in [0.25, 0.3) is 0 Å². The van der Waals surface area contributed by atoms with Gasteiger partial charge >= 0.3 is 0 Å². The Hall–Kier alpha value is -2.47. The third kappa shape index (κ3) is 7.79. The molecule has 1 atom stereocenters. The number of rotatable bonds is 11. The summed E-state index contributed by atoms with van der Waals surface area (Å²) in [6.45, 7) is 2.62. The van der Waals surface area contributed by atoms with Crippen LogP contribution in [0.15, 0.2) is 78.9 Å². The summed E-state index contributed by atoms with van der Waals surface area (Å²) >= 11 is 13.9. The molecule has 1 N–H and O–H groups in total. The zero-order chi connectivity index (χ0) is 24.3. The number of carbonyl (C=O) groups excluding carboxylic acids is 2. The maximum absolute atomic E-state index is 13.5. The molecule has 178 valence electrons. The molecule has 0 radical (unpaired) electrons. The molecule has 34 heavy (non-hydrogen) atoms. The summed E-state index contributed by atoms with van der Waals surface area (Å²) < 4.78 is 0. The van der Waals surface area contributed by atoms with Gasteiger partial charge in [-0.2, -0.15) is 0 Å². The minimum Gasteiger partial charge on any atom is -0.355 e. The minimum absolute atomic E-state index is 0.0980. The van der Waals surface area contributed by atoms with Crippen molar-refractivity contribution < 1.29 is 9.59 Å². The normalized spacial score (nSPS) is 11.6. The van der Waals surface area contributed by atoms with Crippen LogP contribution in [0.1, 0.15) is 23.6 Å². The number of benzene rings is 3. The van der Waals surface area contributed by atoms with Gasteiger partial charge in [0.05, 0.1) is 15.8 Å². The molecule has 3 aromatic rings. The van der Waals surface area contributed by atoms with E-state index in [4.69, 9.17) is 23.2 Å². The second kappa shape index (κ2) is 13.4. The quantitative estimate of drug-likeness (QED) is 0.341. The molecule has 3 aromatic carbocycles. The molecule has 0 aliphatic carbocycles. The molecule has 0 unspecified atom stereocenters. The molecule has 3 rings (SSSR count). The highest BCUT2D eigenvalue weighted by Crippen LogP contribution is 2.25. The summed E-state index contributed by atoms with van der Waals surface area (Å²) in [7, 11) is 0. The molecule has 0 bridgehead atoms. The van der Waals surface area contributed by atoms with Crippen molar-refractivity contribution in [1.82, 2.24) is 10.2 Å². The summed E-state index contributed by atoms with van der Waals surface area (Å²) in [4.78, 5) is 28.3. The van der Waals surface area contributed by atoms with Crippen LogP contribution in [0.2, 0.25) is 10.0 Å². The molecule has 4 nitrogen and oxygen atoms in total. The van der Waals surface area contributed by atoms with Crippen molar-refractivity contribution >= 4 is 46.8 Å². The smallest absolute Gasteiger partial charge is 0.243 e. The van der Waals surface area contributed by atoms with Gasteiger partial charge in [0, 0.05) is 25.3 Å². The van der Waals surface area contributed by atoms with Crippen LogP contribution in [-0.4, -0.2) is 35.1 Å². The van der Waals surface area contributed by atoms with E-state index in [1.54, 1.807) is 17.0 Å². The average Bonchev–Trinajstić information content (AvgIpc) is 2.85. The lowest BCUT2D eigenvalue weighted by molar-refractivity contribution is -0.139. The highest BCUT2D eigenvalue weighted by atomic mass is 35.5. The maximum atomic E-state index is 13.5. The molecule has 0 aliphatic heterocycles. The van der Waals surface area contributed by atoms with Gasteiger partial charge in [0.2, 0.25) is 11.8 Å². The Morgan fingerprint density at radius 2 is 1.53 bits per heavy atom. The fourth-order valence-corrected chi connectivity index (χ4v) is 4.79. The number of carbonyl (C=O) groups is 2. The van der Waals surface area contributed by atoms with E-state index in [9.17, 15) is 9.59 Å². The molecule has 7 heteroatoms. The Morgan fingerprint density at radius 1 is 0.882 bits per heavy atom. The lowest BCUT2D eigenvalue weighted by Gasteiger charge is -2.31. The van der Waals surface area contributed by atoms with Crippen LogP contribution in [-0.2, 0) is 28.3 Å². The molecule has 0 fully saturated rings. The van der Waals surface area contributed by atoms with Crippen molar-refractivity contribution in [3.05, 3.63) is 106 Å². The van der Waals surface area contributed by atoms with Crippen LogP contribution in [0, 0.1) is 0 Å². The van der Waals surface area contributed by atoms with Crippen LogP contribution in [0.25, 0.3) is 0 Å². The van der Waals surface area contributed by atoms with Crippen molar-refractivity contribution in [1.29, 1.82) is 0 Å². The number of hydrogen-bond acceptors (Lipinski definition) is 3. The molecule has 0 saturated heterocycles. The van der Waals surface area contributed by atoms with Gasteiger partial charge in [-0.05, 0) is 35.7 Å². The zero-order valence-corrected chi connectivity index (χ0v) is 21.4. The van der Waals surface area contributed by atoms with Gasteiger partial charge in [-0.1, -0.05) is 89.9 Å². The van der Waals surface area contributed by atoms with E-state index in [-0.39, 0.29) is 24.1 Å². The van der Waals surface area contributed by atoms with Crippen molar-refractivity contribution in [3.8, 4) is 0 Å². The van der Waals surface area contributed by atoms with Crippen LogP contribution >= 0.6 is 35.0 Å². The molecule has 0 saturated carbocycles. The standard InChI is InChI=1S/C27H28Cl2N2O2S/c1-2-30-27(33)25(16-20-9-5-3-6-10-20)31(17-22-13-14-23(28)24(29)15-22)26(32)19-34-18-21-11-7-4-8-12-21/h3-15,25H,2,16-19H2,1H3,(H,30,33)/t25-/m1/s1. The molecule has 0 spiro atoms. The predicted molar refractivity (Wildman–Crippen MR) is 142 cm³/mol. The SMILES string of the molecule is CCNC(=O)[C@@H](Cc1ccccc1)N(Cc1ccc(Cl)c(Cl)c1)C(=O)CSCc1ccccc1. The molecular weight excluding hydrogens is 487 g/mol. The van der Waals surface area contributed by atoms with Gasteiger partial charge in [-0.3, -0.25) is 9.59 Å². The number of likely N-dealkylation sites (N-methyl/N-ethyl adjacent to an activating group) is 1. The maximum Gasteiger partial charge on any atom is 0.243 e. The highest BCUT2D eigenvalue weighted by Gasteiger charge is 2.30. The largest absolute Gasteiger partial charge is 0.355 e. The molecular formula is C27H28Cl2N2O2S. The first-order chi connectivity index (χ1) is 16.5. The zero-order valence-electron chi connectivity index (χ0n) is 19.0. The number of thioether (sulfide) groups is 1. The molecule has 2 amide bonds. The average molecular weight is 516 g/mol. The van der Waals surface area contributed by atoms with E-state index in [0.717, 1.165) is 22.4 Å². The Bertz CT molecular complexity index is 1080. The summed E-state index contributed by atoms with van der Waals surface area (Å²) in [5.74, 6) is 0.713. The number of halogens is 2. The van der Waals surface area contributed by atoms with Crippen LogP contribution in [0.4, 0.5) is 0 Å². The Kier molecular flexibility index (Phi) is 10.3. The first-order valence-electron chi connectivity index (χ1n) is 11.1. The van der Waals surface area contributed by atoms with Gasteiger partial charge in [-0.15, -0.1) is 11.8 Å². The Morgan fingerprint density at radius 3 is 2.15 bits per heavy atom. The van der Waals surface area contributed by atoms with Gasteiger partial charge in [0.1, 0.15) is 6.04 Å². The fourth-order valence-electron chi connectivity index (χ4n) is 3.59. The van der Waals surface area contributed by atoms with Crippen molar-refractivity contribution in [2.24, 2.45) is 0 Å². The summed E-state index contributed by atoms with van der Waals surface area (Å²) in [5.41, 5.74) is 2.96. The van der Waals surface area contributed by atoms with Gasteiger partial charge in [-0.25, -0.2) is 0 Å². The molecule has 0 heterocycles. The first kappa shape index (κ1) is 26.1. The number of nitrogens with zero attached hydrogens (tertiary/aromatic N) is 1. The Labute approximate surface area is 215 Å². The van der Waals surface area contributed by atoms with Crippen molar-refractivity contribution in [2.45, 2.75) is 31.7 Å². The number of hydrogen-bond donors (Lipinski definition) is 1. The van der Waals surface area contributed by atoms with Crippen LogP contribution in [0.5, 0.6) is 0 Å². The van der Waals surface area contributed by atoms with Crippen LogP contribution in [0.3, 0.4) is 0 Å². The van der Waals surface area contributed by atoms with E-state index in [1.807, 2.05) is 73.7 Å². The van der Waals surface area contributed by atoms with Gasteiger partial charge in [0.15, 0.2) is 0 Å². The van der Waals surface area contributed by atoms with E-state index in [0.29, 0.717) is 23.0 Å². The van der Waals surface area contributed by atoms with E-state index < -0.39 is 6.04 Å². The molecule has 0 aliphatic rings. The number of nitrogens with one attached hydrogen (secondary N) is 1. The molecule has 0 aromatic heterocycles. The third-order valence-electron chi connectivity index (χ3n) is 5.30. The van der Waals surface area contributed by atoms with Crippen LogP contribution < -0.4 is 5.32 Å². The summed E-state index contributed by atoms with van der Waals surface area (Å²) in [6, 6.07) is 24.4. The Balaban J connectivity index is 1.85. The van der Waals surface area contributed by atoms with Gasteiger partial charge < -0.3 is 10.2 Å². The monoisotopic (exact) mass is 514 g/mol. The van der Waals surface area contributed by atoms with Crippen molar-refractivity contribution in [3.63, 3.8) is 0 Å². The second-order valence-electron chi connectivity index (χ2n) is 7.85. The third-order valence-corrected chi connectivity index (χ3v) is 7.02. The first-order valence-corrected chi connectivity index (χ1v) is 13.1. The lowest BCUT2D eigenvalue weighted by Crippen LogP contribution is -2.51. The number of amides is 2. The fraction of sp³-hybridized carbons (Fsp3) is 0.259. The topological polar surface area (TPSA) is 49.4 Å². The van der Waals surface area contributed by atoms with Crippen molar-refractivity contribution in [2.75, 3.05) is 12.3 Å². The minimum atomic E-state index is -0.651.